The number of nitrogens with zero attached hydrogens (tertiary/aromatic N) is 2. The van der Waals surface area contributed by atoms with Crippen LogP contribution in [0.15, 0.2) is 23.6 Å². The molecule has 3 nitrogen and oxygen atoms in total. The molecule has 1 saturated carbocycles. The SMILES string of the molecule is c1cc(SNC2CCCCC2)ncn1. The van der Waals surface area contributed by atoms with Gasteiger partial charge in [-0.1, -0.05) is 19.3 Å². The van der Waals surface area contributed by atoms with E-state index in [9.17, 15) is 0 Å². The number of hydrogen-bond acceptors (Lipinski definition) is 4. The molecule has 76 valence electrons. The Morgan fingerprint density at radius 3 is 2.86 bits per heavy atom. The summed E-state index contributed by atoms with van der Waals surface area (Å²) in [5, 5.41) is 1.01. The van der Waals surface area contributed by atoms with Crippen LogP contribution in [0.25, 0.3) is 0 Å². The van der Waals surface area contributed by atoms with E-state index in [4.69, 9.17) is 0 Å². The molecule has 0 radical (unpaired) electrons. The molecule has 1 aliphatic rings. The van der Waals surface area contributed by atoms with Crippen molar-refractivity contribution in [2.45, 2.75) is 43.2 Å². The molecule has 1 aromatic heterocycles. The van der Waals surface area contributed by atoms with Gasteiger partial charge in [0.05, 0.1) is 0 Å². The van der Waals surface area contributed by atoms with Gasteiger partial charge in [0.15, 0.2) is 0 Å². The lowest BCUT2D eigenvalue weighted by molar-refractivity contribution is 0.423. The third-order valence-corrected chi connectivity index (χ3v) is 3.39. The van der Waals surface area contributed by atoms with Crippen LogP contribution in [0, 0.1) is 0 Å². The molecule has 2 rings (SSSR count). The molecule has 1 aliphatic carbocycles. The second-order valence-corrected chi connectivity index (χ2v) is 4.46. The summed E-state index contributed by atoms with van der Waals surface area (Å²) < 4.78 is 3.46. The maximum absolute atomic E-state index is 4.15. The zero-order chi connectivity index (χ0) is 9.64. The van der Waals surface area contributed by atoms with Crippen molar-refractivity contribution >= 4 is 11.9 Å². The fraction of sp³-hybridized carbons (Fsp3) is 0.600. The molecule has 0 spiro atoms. The molecule has 0 unspecified atom stereocenters. The molecular weight excluding hydrogens is 194 g/mol. The van der Waals surface area contributed by atoms with E-state index in [-0.39, 0.29) is 0 Å². The minimum atomic E-state index is 0.670. The Morgan fingerprint density at radius 2 is 2.14 bits per heavy atom. The van der Waals surface area contributed by atoms with Gasteiger partial charge in [-0.2, -0.15) is 0 Å². The van der Waals surface area contributed by atoms with Crippen molar-refractivity contribution in [2.24, 2.45) is 0 Å². The molecule has 1 heterocycles. The molecule has 0 aliphatic heterocycles. The summed E-state index contributed by atoms with van der Waals surface area (Å²) in [4.78, 5) is 8.04. The average molecular weight is 209 g/mol. The standard InChI is InChI=1S/C10H15N3S/c1-2-4-9(5-3-1)13-14-10-6-7-11-8-12-10/h6-9,13H,1-5H2. The van der Waals surface area contributed by atoms with Crippen LogP contribution in [-0.4, -0.2) is 16.0 Å². The highest BCUT2D eigenvalue weighted by Gasteiger charge is 2.12. The smallest absolute Gasteiger partial charge is 0.116 e. The Kier molecular flexibility index (Phi) is 3.77. The van der Waals surface area contributed by atoms with Crippen molar-refractivity contribution in [3.63, 3.8) is 0 Å². The van der Waals surface area contributed by atoms with Crippen LogP contribution >= 0.6 is 11.9 Å². The van der Waals surface area contributed by atoms with Crippen molar-refractivity contribution in [3.05, 3.63) is 18.6 Å². The van der Waals surface area contributed by atoms with Gasteiger partial charge in [-0.05, 0) is 30.9 Å². The topological polar surface area (TPSA) is 37.8 Å². The Labute approximate surface area is 88.9 Å². The molecule has 0 amide bonds. The Hall–Kier alpha value is -0.610. The number of rotatable bonds is 3. The third kappa shape index (κ3) is 2.96. The van der Waals surface area contributed by atoms with Gasteiger partial charge in [0.2, 0.25) is 0 Å². The Bertz CT molecular complexity index is 259. The van der Waals surface area contributed by atoms with E-state index in [1.807, 2.05) is 6.07 Å². The fourth-order valence-corrected chi connectivity index (χ4v) is 2.45. The monoisotopic (exact) mass is 209 g/mol. The average Bonchev–Trinajstić information content (AvgIpc) is 2.29. The molecule has 1 N–H and O–H groups in total. The largest absolute Gasteiger partial charge is 0.255 e. The Morgan fingerprint density at radius 1 is 1.29 bits per heavy atom. The first-order valence-electron chi connectivity index (χ1n) is 5.13. The summed E-state index contributed by atoms with van der Waals surface area (Å²) in [5.74, 6) is 0. The van der Waals surface area contributed by atoms with Crippen molar-refractivity contribution in [1.29, 1.82) is 0 Å². The zero-order valence-corrected chi connectivity index (χ0v) is 8.96. The van der Waals surface area contributed by atoms with Crippen LogP contribution in [0.4, 0.5) is 0 Å². The Balaban J connectivity index is 1.76. The summed E-state index contributed by atoms with van der Waals surface area (Å²) in [5.41, 5.74) is 0. The molecule has 0 bridgehead atoms. The van der Waals surface area contributed by atoms with Gasteiger partial charge in [0, 0.05) is 12.2 Å². The molecule has 14 heavy (non-hydrogen) atoms. The van der Waals surface area contributed by atoms with Crippen LogP contribution in [-0.2, 0) is 0 Å². The van der Waals surface area contributed by atoms with Crippen LogP contribution in [0.3, 0.4) is 0 Å². The highest BCUT2D eigenvalue weighted by molar-refractivity contribution is 7.97. The maximum atomic E-state index is 4.15. The van der Waals surface area contributed by atoms with Gasteiger partial charge in [0.1, 0.15) is 11.4 Å². The van der Waals surface area contributed by atoms with E-state index in [0.717, 1.165) is 5.03 Å². The van der Waals surface area contributed by atoms with Gasteiger partial charge < -0.3 is 0 Å². The fourth-order valence-electron chi connectivity index (χ4n) is 1.70. The van der Waals surface area contributed by atoms with E-state index in [2.05, 4.69) is 14.7 Å². The van der Waals surface area contributed by atoms with Gasteiger partial charge in [0.25, 0.3) is 0 Å². The van der Waals surface area contributed by atoms with Gasteiger partial charge in [-0.3, -0.25) is 4.72 Å². The number of hydrogen-bond donors (Lipinski definition) is 1. The van der Waals surface area contributed by atoms with Crippen molar-refractivity contribution in [3.8, 4) is 0 Å². The van der Waals surface area contributed by atoms with Crippen LogP contribution in [0.2, 0.25) is 0 Å². The molecule has 1 fully saturated rings. The van der Waals surface area contributed by atoms with Crippen molar-refractivity contribution in [2.75, 3.05) is 0 Å². The van der Waals surface area contributed by atoms with Crippen molar-refractivity contribution < 1.29 is 0 Å². The lowest BCUT2D eigenvalue weighted by atomic mass is 9.96. The second kappa shape index (κ2) is 5.32. The summed E-state index contributed by atoms with van der Waals surface area (Å²) in [7, 11) is 0. The lowest BCUT2D eigenvalue weighted by Crippen LogP contribution is -2.25. The summed E-state index contributed by atoms with van der Waals surface area (Å²) in [6.07, 6.45) is 10.1. The lowest BCUT2D eigenvalue weighted by Gasteiger charge is -2.21. The maximum Gasteiger partial charge on any atom is 0.116 e. The minimum absolute atomic E-state index is 0.670. The molecule has 0 saturated heterocycles. The summed E-state index contributed by atoms with van der Waals surface area (Å²) in [6.45, 7) is 0. The van der Waals surface area contributed by atoms with Gasteiger partial charge in [-0.15, -0.1) is 0 Å². The summed E-state index contributed by atoms with van der Waals surface area (Å²) >= 11 is 1.63. The van der Waals surface area contributed by atoms with E-state index in [0.29, 0.717) is 6.04 Å². The van der Waals surface area contributed by atoms with Crippen LogP contribution in [0.5, 0.6) is 0 Å². The zero-order valence-electron chi connectivity index (χ0n) is 8.15. The number of aromatic nitrogens is 2. The highest BCUT2D eigenvalue weighted by atomic mass is 32.2. The number of nitrogens with one attached hydrogen (secondary N) is 1. The van der Waals surface area contributed by atoms with Crippen LogP contribution in [0.1, 0.15) is 32.1 Å². The molecule has 1 aromatic rings. The van der Waals surface area contributed by atoms with Crippen molar-refractivity contribution in [1.82, 2.24) is 14.7 Å². The molecular formula is C10H15N3S. The predicted molar refractivity (Wildman–Crippen MR) is 57.9 cm³/mol. The molecule has 0 aromatic carbocycles. The van der Waals surface area contributed by atoms with Crippen LogP contribution < -0.4 is 4.72 Å². The molecule has 0 atom stereocenters. The van der Waals surface area contributed by atoms with E-state index in [1.54, 1.807) is 24.5 Å². The normalized spacial score (nSPS) is 18.3. The van der Waals surface area contributed by atoms with Gasteiger partial charge >= 0.3 is 0 Å². The van der Waals surface area contributed by atoms with E-state index in [1.165, 1.54) is 32.1 Å². The highest BCUT2D eigenvalue weighted by Crippen LogP contribution is 2.21. The molecule has 4 heteroatoms. The van der Waals surface area contributed by atoms with E-state index >= 15 is 0 Å². The predicted octanol–water partition coefficient (Wildman–Crippen LogP) is 2.41. The second-order valence-electron chi connectivity index (χ2n) is 3.60. The van der Waals surface area contributed by atoms with E-state index < -0.39 is 0 Å². The quantitative estimate of drug-likeness (QED) is 0.613. The first-order chi connectivity index (χ1) is 6.95. The third-order valence-electron chi connectivity index (χ3n) is 2.49. The first kappa shape index (κ1) is 9.93. The first-order valence-corrected chi connectivity index (χ1v) is 5.95. The summed E-state index contributed by atoms with van der Waals surface area (Å²) in [6, 6.07) is 2.60. The van der Waals surface area contributed by atoms with Gasteiger partial charge in [-0.25, -0.2) is 9.97 Å². The minimum Gasteiger partial charge on any atom is -0.255 e.